The molecule has 0 bridgehead atoms. The molecule has 1 aliphatic carbocycles. The second-order valence-electron chi connectivity index (χ2n) is 4.32. The summed E-state index contributed by atoms with van der Waals surface area (Å²) < 4.78 is 5.34. The topological polar surface area (TPSA) is 55.4 Å². The van der Waals surface area contributed by atoms with E-state index < -0.39 is 6.04 Å². The fraction of sp³-hybridized carbons (Fsp3) is 0.818. The van der Waals surface area contributed by atoms with Crippen LogP contribution in [0.3, 0.4) is 0 Å². The molecule has 1 fully saturated rings. The second kappa shape index (κ2) is 4.75. The van der Waals surface area contributed by atoms with E-state index in [1.807, 2.05) is 0 Å². The van der Waals surface area contributed by atoms with Crippen LogP contribution in [0.5, 0.6) is 0 Å². The molecule has 0 aromatic heterocycles. The monoisotopic (exact) mass is 213 g/mol. The SMILES string of the molecule is COC1(CC(=O)NC(C)C(C)=O)CCC1. The van der Waals surface area contributed by atoms with Crippen LogP contribution in [-0.2, 0) is 14.3 Å². The molecule has 0 saturated heterocycles. The third-order valence-electron chi connectivity index (χ3n) is 3.17. The third kappa shape index (κ3) is 3.02. The highest BCUT2D eigenvalue weighted by molar-refractivity contribution is 5.87. The highest BCUT2D eigenvalue weighted by atomic mass is 16.5. The summed E-state index contributed by atoms with van der Waals surface area (Å²) in [5.74, 6) is -0.123. The quantitative estimate of drug-likeness (QED) is 0.742. The Morgan fingerprint density at radius 1 is 1.47 bits per heavy atom. The van der Waals surface area contributed by atoms with Crippen LogP contribution >= 0.6 is 0 Å². The van der Waals surface area contributed by atoms with Gasteiger partial charge in [0.2, 0.25) is 5.91 Å². The number of hydrogen-bond acceptors (Lipinski definition) is 3. The molecule has 1 N–H and O–H groups in total. The normalized spacial score (nSPS) is 20.2. The summed E-state index contributed by atoms with van der Waals surface area (Å²) in [7, 11) is 1.64. The number of carbonyl (C=O) groups excluding carboxylic acids is 2. The predicted octanol–water partition coefficient (Wildman–Crippen LogP) is 1.04. The molecule has 0 radical (unpaired) electrons. The van der Waals surface area contributed by atoms with Crippen LogP contribution in [0.4, 0.5) is 0 Å². The lowest BCUT2D eigenvalue weighted by atomic mass is 9.77. The molecule has 1 saturated carbocycles. The summed E-state index contributed by atoms with van der Waals surface area (Å²) >= 11 is 0. The van der Waals surface area contributed by atoms with Crippen molar-refractivity contribution in [3.05, 3.63) is 0 Å². The maximum absolute atomic E-state index is 11.6. The molecule has 0 aromatic carbocycles. The van der Waals surface area contributed by atoms with Gasteiger partial charge in [-0.1, -0.05) is 0 Å². The van der Waals surface area contributed by atoms with Crippen molar-refractivity contribution in [1.29, 1.82) is 0 Å². The van der Waals surface area contributed by atoms with Crippen molar-refractivity contribution < 1.29 is 14.3 Å². The minimum absolute atomic E-state index is 0.0246. The summed E-state index contributed by atoms with van der Waals surface area (Å²) in [5, 5.41) is 2.67. The molecule has 1 atom stereocenters. The average molecular weight is 213 g/mol. The average Bonchev–Trinajstić information content (AvgIpc) is 2.11. The highest BCUT2D eigenvalue weighted by Gasteiger charge is 2.39. The summed E-state index contributed by atoms with van der Waals surface area (Å²) in [6, 6.07) is -0.397. The van der Waals surface area contributed by atoms with Gasteiger partial charge in [0, 0.05) is 7.11 Å². The Morgan fingerprint density at radius 2 is 2.07 bits per heavy atom. The van der Waals surface area contributed by atoms with Gasteiger partial charge in [-0.15, -0.1) is 0 Å². The molecule has 4 nitrogen and oxygen atoms in total. The van der Waals surface area contributed by atoms with Gasteiger partial charge in [0.05, 0.1) is 18.1 Å². The Bertz CT molecular complexity index is 253. The van der Waals surface area contributed by atoms with Crippen LogP contribution < -0.4 is 5.32 Å². The number of rotatable bonds is 5. The minimum Gasteiger partial charge on any atom is -0.378 e. The smallest absolute Gasteiger partial charge is 0.223 e. The summed E-state index contributed by atoms with van der Waals surface area (Å²) in [4.78, 5) is 22.5. The molecule has 86 valence electrons. The number of ether oxygens (including phenoxy) is 1. The first-order valence-electron chi connectivity index (χ1n) is 5.34. The van der Waals surface area contributed by atoms with Gasteiger partial charge < -0.3 is 10.1 Å². The molecule has 1 unspecified atom stereocenters. The van der Waals surface area contributed by atoms with Crippen molar-refractivity contribution in [2.45, 2.75) is 51.2 Å². The molecule has 15 heavy (non-hydrogen) atoms. The van der Waals surface area contributed by atoms with Crippen LogP contribution in [0.25, 0.3) is 0 Å². The van der Waals surface area contributed by atoms with Crippen molar-refractivity contribution in [1.82, 2.24) is 5.32 Å². The van der Waals surface area contributed by atoms with Gasteiger partial charge >= 0.3 is 0 Å². The largest absolute Gasteiger partial charge is 0.378 e. The number of methoxy groups -OCH3 is 1. The summed E-state index contributed by atoms with van der Waals surface area (Å²) in [6.45, 7) is 3.17. The number of ketones is 1. The Kier molecular flexibility index (Phi) is 3.85. The van der Waals surface area contributed by atoms with E-state index in [2.05, 4.69) is 5.32 Å². The van der Waals surface area contributed by atoms with Crippen molar-refractivity contribution in [3.8, 4) is 0 Å². The van der Waals surface area contributed by atoms with Gasteiger partial charge in [0.15, 0.2) is 5.78 Å². The maximum Gasteiger partial charge on any atom is 0.223 e. The first-order chi connectivity index (χ1) is 6.99. The van der Waals surface area contributed by atoms with Gasteiger partial charge in [-0.25, -0.2) is 0 Å². The van der Waals surface area contributed by atoms with E-state index in [-0.39, 0.29) is 17.3 Å². The fourth-order valence-electron chi connectivity index (χ4n) is 1.71. The Morgan fingerprint density at radius 3 is 2.40 bits per heavy atom. The van der Waals surface area contributed by atoms with Crippen LogP contribution in [0.15, 0.2) is 0 Å². The van der Waals surface area contributed by atoms with Crippen LogP contribution in [0.1, 0.15) is 39.5 Å². The van der Waals surface area contributed by atoms with E-state index >= 15 is 0 Å². The van der Waals surface area contributed by atoms with Gasteiger partial charge in [-0.3, -0.25) is 9.59 Å². The molecular weight excluding hydrogens is 194 g/mol. The molecule has 0 heterocycles. The number of nitrogens with one attached hydrogen (secondary N) is 1. The zero-order valence-electron chi connectivity index (χ0n) is 9.63. The van der Waals surface area contributed by atoms with Gasteiger partial charge in [-0.2, -0.15) is 0 Å². The van der Waals surface area contributed by atoms with Crippen molar-refractivity contribution in [2.75, 3.05) is 7.11 Å². The lowest BCUT2D eigenvalue weighted by Gasteiger charge is -2.40. The van der Waals surface area contributed by atoms with E-state index in [0.717, 1.165) is 19.3 Å². The van der Waals surface area contributed by atoms with E-state index in [4.69, 9.17) is 4.74 Å². The molecule has 0 aliphatic heterocycles. The molecule has 4 heteroatoms. The van der Waals surface area contributed by atoms with E-state index in [1.54, 1.807) is 14.0 Å². The molecule has 0 spiro atoms. The second-order valence-corrected chi connectivity index (χ2v) is 4.32. The Balaban J connectivity index is 2.38. The zero-order valence-corrected chi connectivity index (χ0v) is 9.63. The summed E-state index contributed by atoms with van der Waals surface area (Å²) in [6.07, 6.45) is 3.35. The number of carbonyl (C=O) groups is 2. The fourth-order valence-corrected chi connectivity index (χ4v) is 1.71. The zero-order chi connectivity index (χ0) is 11.5. The number of hydrogen-bond donors (Lipinski definition) is 1. The first kappa shape index (κ1) is 12.2. The van der Waals surface area contributed by atoms with Gasteiger partial charge in [-0.05, 0) is 33.1 Å². The molecule has 1 rings (SSSR count). The van der Waals surface area contributed by atoms with Crippen LogP contribution in [-0.4, -0.2) is 30.4 Å². The lowest BCUT2D eigenvalue weighted by Crippen LogP contribution is -2.46. The summed E-state index contributed by atoms with van der Waals surface area (Å²) in [5.41, 5.74) is -0.263. The van der Waals surface area contributed by atoms with E-state index in [0.29, 0.717) is 6.42 Å². The van der Waals surface area contributed by atoms with E-state index in [9.17, 15) is 9.59 Å². The maximum atomic E-state index is 11.6. The number of amides is 1. The van der Waals surface area contributed by atoms with E-state index in [1.165, 1.54) is 6.92 Å². The van der Waals surface area contributed by atoms with Crippen molar-refractivity contribution in [3.63, 3.8) is 0 Å². The van der Waals surface area contributed by atoms with Crippen LogP contribution in [0, 0.1) is 0 Å². The van der Waals surface area contributed by atoms with Gasteiger partial charge in [0.25, 0.3) is 0 Å². The molecule has 1 amide bonds. The predicted molar refractivity (Wildman–Crippen MR) is 56.5 cm³/mol. The molecular formula is C11H19NO3. The lowest BCUT2D eigenvalue weighted by molar-refractivity contribution is -0.136. The number of Topliss-reactive ketones (excluding diaryl/α,β-unsaturated/α-hetero) is 1. The minimum atomic E-state index is -0.397. The Hall–Kier alpha value is -0.900. The van der Waals surface area contributed by atoms with Crippen LogP contribution in [0.2, 0.25) is 0 Å². The first-order valence-corrected chi connectivity index (χ1v) is 5.34. The highest BCUT2D eigenvalue weighted by Crippen LogP contribution is 2.37. The third-order valence-corrected chi connectivity index (χ3v) is 3.17. The Labute approximate surface area is 90.4 Å². The molecule has 0 aromatic rings. The van der Waals surface area contributed by atoms with Crippen molar-refractivity contribution in [2.24, 2.45) is 0 Å². The molecule has 1 aliphatic rings. The van der Waals surface area contributed by atoms with Gasteiger partial charge in [0.1, 0.15) is 0 Å². The van der Waals surface area contributed by atoms with Crippen molar-refractivity contribution >= 4 is 11.7 Å². The standard InChI is InChI=1S/C11H19NO3/c1-8(9(2)13)12-10(14)7-11(15-3)5-4-6-11/h8H,4-7H2,1-3H3,(H,12,14).